The van der Waals surface area contributed by atoms with Gasteiger partial charge in [0, 0.05) is 26.0 Å². The van der Waals surface area contributed by atoms with Gasteiger partial charge in [0.25, 0.3) is 0 Å². The molecule has 2 aromatic rings. The molecule has 0 spiro atoms. The number of likely N-dealkylation sites (tertiary alicyclic amines) is 1. The van der Waals surface area contributed by atoms with Gasteiger partial charge in [0.15, 0.2) is 0 Å². The Bertz CT molecular complexity index is 678. The van der Waals surface area contributed by atoms with Crippen LogP contribution < -0.4 is 5.32 Å². The average Bonchev–Trinajstić information content (AvgIpc) is 3.13. The molecule has 0 aliphatic carbocycles. The van der Waals surface area contributed by atoms with E-state index in [1.807, 2.05) is 0 Å². The number of hydrogen-bond donors (Lipinski definition) is 1. The number of carbonyl (C=O) groups is 1. The summed E-state index contributed by atoms with van der Waals surface area (Å²) in [5.41, 5.74) is 0.567. The first kappa shape index (κ1) is 17.4. The molecule has 9 nitrogen and oxygen atoms in total. The number of ether oxygens (including phenoxy) is 1. The van der Waals surface area contributed by atoms with Gasteiger partial charge in [-0.05, 0) is 19.4 Å². The first-order valence-electron chi connectivity index (χ1n) is 8.37. The summed E-state index contributed by atoms with van der Waals surface area (Å²) in [4.78, 5) is 26.8. The maximum atomic E-state index is 12.1. The van der Waals surface area contributed by atoms with E-state index in [1.165, 1.54) is 0 Å². The van der Waals surface area contributed by atoms with Gasteiger partial charge in [-0.1, -0.05) is 11.6 Å². The molecule has 0 radical (unpaired) electrons. The van der Waals surface area contributed by atoms with Crippen LogP contribution in [0.15, 0.2) is 23.1 Å². The number of nitrogens with zero attached hydrogens (tertiary/aromatic N) is 5. The molecule has 1 N–H and O–H groups in total. The Morgan fingerprint density at radius 3 is 3.16 bits per heavy atom. The highest BCUT2D eigenvalue weighted by Gasteiger charge is 2.30. The van der Waals surface area contributed by atoms with Crippen LogP contribution in [0, 0.1) is 0 Å². The van der Waals surface area contributed by atoms with Crippen LogP contribution in [0.1, 0.15) is 31.2 Å². The number of hydrogen-bond acceptors (Lipinski definition) is 8. The molecule has 0 unspecified atom stereocenters. The Labute approximate surface area is 145 Å². The van der Waals surface area contributed by atoms with Crippen LogP contribution in [0.4, 0.5) is 0 Å². The number of carbonyl (C=O) groups excluding carboxylic acids is 1. The standard InChI is InChI=1S/C16H22N6O3/c1-24-9-7-19-14(23)11-22-8-3-2-4-13(22)16-20-15(21-25-16)12-10-17-5-6-18-12/h5-6,10,13H,2-4,7-9,11H2,1H3,(H,19,23)/t13-/m1/s1. The third-order valence-corrected chi connectivity index (χ3v) is 4.11. The largest absolute Gasteiger partial charge is 0.383 e. The fourth-order valence-corrected chi connectivity index (χ4v) is 2.88. The second-order valence-electron chi connectivity index (χ2n) is 5.87. The zero-order valence-corrected chi connectivity index (χ0v) is 14.2. The molecule has 0 saturated carbocycles. The molecule has 2 aromatic heterocycles. The second-order valence-corrected chi connectivity index (χ2v) is 5.87. The van der Waals surface area contributed by atoms with Crippen molar-refractivity contribution >= 4 is 5.91 Å². The van der Waals surface area contributed by atoms with Gasteiger partial charge in [-0.25, -0.2) is 4.98 Å². The SMILES string of the molecule is COCCNC(=O)CN1CCCC[C@@H]1c1nc(-c2cnccn2)no1. The Morgan fingerprint density at radius 1 is 1.44 bits per heavy atom. The monoisotopic (exact) mass is 346 g/mol. The summed E-state index contributed by atoms with van der Waals surface area (Å²) in [6, 6.07) is -0.0557. The van der Waals surface area contributed by atoms with Crippen molar-refractivity contribution in [2.75, 3.05) is 33.4 Å². The minimum atomic E-state index is -0.0557. The van der Waals surface area contributed by atoms with Crippen LogP contribution >= 0.6 is 0 Å². The molecular weight excluding hydrogens is 324 g/mol. The number of rotatable bonds is 7. The molecule has 3 rings (SSSR count). The summed E-state index contributed by atoms with van der Waals surface area (Å²) in [5.74, 6) is 0.904. The van der Waals surface area contributed by atoms with E-state index in [2.05, 4.69) is 30.3 Å². The lowest BCUT2D eigenvalue weighted by molar-refractivity contribution is -0.123. The first-order valence-corrected chi connectivity index (χ1v) is 8.37. The Balaban J connectivity index is 1.67. The van der Waals surface area contributed by atoms with Crippen molar-refractivity contribution in [3.05, 3.63) is 24.5 Å². The van der Waals surface area contributed by atoms with Gasteiger partial charge in [0.05, 0.1) is 25.4 Å². The van der Waals surface area contributed by atoms with Gasteiger partial charge in [-0.2, -0.15) is 4.98 Å². The minimum Gasteiger partial charge on any atom is -0.383 e. The van der Waals surface area contributed by atoms with E-state index < -0.39 is 0 Å². The van der Waals surface area contributed by atoms with Gasteiger partial charge in [-0.15, -0.1) is 0 Å². The molecule has 3 heterocycles. The second kappa shape index (κ2) is 8.63. The average molecular weight is 346 g/mol. The zero-order valence-electron chi connectivity index (χ0n) is 14.2. The van der Waals surface area contributed by atoms with Crippen LogP contribution in [0.3, 0.4) is 0 Å². The van der Waals surface area contributed by atoms with Gasteiger partial charge in [0.1, 0.15) is 5.69 Å². The van der Waals surface area contributed by atoms with Crippen LogP contribution in [-0.2, 0) is 9.53 Å². The lowest BCUT2D eigenvalue weighted by atomic mass is 10.0. The Kier molecular flexibility index (Phi) is 6.02. The molecule has 1 fully saturated rings. The number of methoxy groups -OCH3 is 1. The first-order chi connectivity index (χ1) is 12.3. The van der Waals surface area contributed by atoms with E-state index in [4.69, 9.17) is 9.26 Å². The van der Waals surface area contributed by atoms with E-state index in [0.29, 0.717) is 37.1 Å². The van der Waals surface area contributed by atoms with Crippen LogP contribution in [0.5, 0.6) is 0 Å². The van der Waals surface area contributed by atoms with Crippen molar-refractivity contribution in [2.24, 2.45) is 0 Å². The number of piperidine rings is 1. The molecule has 1 aliphatic heterocycles. The van der Waals surface area contributed by atoms with E-state index in [0.717, 1.165) is 25.8 Å². The van der Waals surface area contributed by atoms with Gasteiger partial charge in [-0.3, -0.25) is 14.7 Å². The highest BCUT2D eigenvalue weighted by molar-refractivity contribution is 5.78. The maximum Gasteiger partial charge on any atom is 0.244 e. The molecule has 25 heavy (non-hydrogen) atoms. The molecular formula is C16H22N6O3. The fraction of sp³-hybridized carbons (Fsp3) is 0.562. The summed E-state index contributed by atoms with van der Waals surface area (Å²) < 4.78 is 10.4. The zero-order chi connectivity index (χ0) is 17.5. The lowest BCUT2D eigenvalue weighted by Crippen LogP contribution is -2.42. The van der Waals surface area contributed by atoms with Crippen LogP contribution in [-0.4, -0.2) is 64.3 Å². The van der Waals surface area contributed by atoms with Crippen molar-refractivity contribution < 1.29 is 14.1 Å². The maximum absolute atomic E-state index is 12.1. The van der Waals surface area contributed by atoms with Gasteiger partial charge in [0.2, 0.25) is 17.6 Å². The third kappa shape index (κ3) is 4.58. The summed E-state index contributed by atoms with van der Waals surface area (Å²) in [6.45, 7) is 2.13. The van der Waals surface area contributed by atoms with E-state index in [9.17, 15) is 4.79 Å². The molecule has 0 aromatic carbocycles. The van der Waals surface area contributed by atoms with Crippen LogP contribution in [0.2, 0.25) is 0 Å². The Morgan fingerprint density at radius 2 is 2.36 bits per heavy atom. The lowest BCUT2D eigenvalue weighted by Gasteiger charge is -2.32. The smallest absolute Gasteiger partial charge is 0.244 e. The molecule has 1 atom stereocenters. The molecule has 1 amide bonds. The van der Waals surface area contributed by atoms with E-state index >= 15 is 0 Å². The number of aromatic nitrogens is 4. The number of amides is 1. The van der Waals surface area contributed by atoms with Crippen LogP contribution in [0.25, 0.3) is 11.5 Å². The summed E-state index contributed by atoms with van der Waals surface area (Å²) >= 11 is 0. The molecule has 1 saturated heterocycles. The third-order valence-electron chi connectivity index (χ3n) is 4.11. The van der Waals surface area contributed by atoms with Crippen molar-refractivity contribution in [3.63, 3.8) is 0 Å². The van der Waals surface area contributed by atoms with Crippen molar-refractivity contribution in [1.29, 1.82) is 0 Å². The predicted octanol–water partition coefficient (Wildman–Crippen LogP) is 0.816. The summed E-state index contributed by atoms with van der Waals surface area (Å²) in [5, 5.41) is 6.85. The minimum absolute atomic E-state index is 0.0300. The molecule has 0 bridgehead atoms. The molecule has 9 heteroatoms. The predicted molar refractivity (Wildman–Crippen MR) is 88.4 cm³/mol. The topological polar surface area (TPSA) is 106 Å². The molecule has 134 valence electrons. The highest BCUT2D eigenvalue weighted by Crippen LogP contribution is 2.30. The summed E-state index contributed by atoms with van der Waals surface area (Å²) in [7, 11) is 1.61. The van der Waals surface area contributed by atoms with Crippen molar-refractivity contribution in [2.45, 2.75) is 25.3 Å². The molecule has 1 aliphatic rings. The fourth-order valence-electron chi connectivity index (χ4n) is 2.88. The van der Waals surface area contributed by atoms with E-state index in [1.54, 1.807) is 25.7 Å². The highest BCUT2D eigenvalue weighted by atomic mass is 16.5. The van der Waals surface area contributed by atoms with Gasteiger partial charge < -0.3 is 14.6 Å². The van der Waals surface area contributed by atoms with Crippen molar-refractivity contribution in [3.8, 4) is 11.5 Å². The number of nitrogens with one attached hydrogen (secondary N) is 1. The van der Waals surface area contributed by atoms with Crippen molar-refractivity contribution in [1.82, 2.24) is 30.3 Å². The van der Waals surface area contributed by atoms with Gasteiger partial charge >= 0.3 is 0 Å². The normalized spacial score (nSPS) is 18.2. The Hall–Kier alpha value is -2.39. The summed E-state index contributed by atoms with van der Waals surface area (Å²) in [6.07, 6.45) is 7.77. The van der Waals surface area contributed by atoms with E-state index in [-0.39, 0.29) is 11.9 Å². The quantitative estimate of drug-likeness (QED) is 0.734.